The van der Waals surface area contributed by atoms with Crippen LogP contribution in [0.3, 0.4) is 0 Å². The van der Waals surface area contributed by atoms with Crippen LogP contribution in [0.4, 0.5) is 0 Å². The SMILES string of the molecule is COc1cccc(CN[CH]c2ccccc2)c1OC. The van der Waals surface area contributed by atoms with Crippen LogP contribution >= 0.6 is 0 Å². The number of hydrogen-bond acceptors (Lipinski definition) is 3. The van der Waals surface area contributed by atoms with Crippen molar-refractivity contribution in [2.75, 3.05) is 14.2 Å². The minimum Gasteiger partial charge on any atom is -0.493 e. The van der Waals surface area contributed by atoms with E-state index in [0.29, 0.717) is 6.54 Å². The molecule has 0 unspecified atom stereocenters. The normalized spacial score (nSPS) is 10.2. The van der Waals surface area contributed by atoms with Gasteiger partial charge in [-0.1, -0.05) is 42.5 Å². The Hall–Kier alpha value is -2.00. The monoisotopic (exact) mass is 256 g/mol. The molecule has 0 atom stereocenters. The van der Waals surface area contributed by atoms with Gasteiger partial charge in [0, 0.05) is 12.1 Å². The summed E-state index contributed by atoms with van der Waals surface area (Å²) in [6.45, 7) is 2.67. The van der Waals surface area contributed by atoms with E-state index in [9.17, 15) is 0 Å². The summed E-state index contributed by atoms with van der Waals surface area (Å²) in [5, 5.41) is 3.28. The van der Waals surface area contributed by atoms with E-state index in [0.717, 1.165) is 22.6 Å². The van der Waals surface area contributed by atoms with Gasteiger partial charge in [0.15, 0.2) is 11.5 Å². The first kappa shape index (κ1) is 13.4. The average Bonchev–Trinajstić information content (AvgIpc) is 2.48. The van der Waals surface area contributed by atoms with Crippen LogP contribution in [-0.2, 0) is 6.54 Å². The van der Waals surface area contributed by atoms with E-state index in [2.05, 4.69) is 17.4 Å². The van der Waals surface area contributed by atoms with E-state index in [-0.39, 0.29) is 0 Å². The molecule has 0 aliphatic carbocycles. The zero-order valence-corrected chi connectivity index (χ0v) is 11.2. The van der Waals surface area contributed by atoms with Gasteiger partial charge >= 0.3 is 0 Å². The van der Waals surface area contributed by atoms with Crippen LogP contribution in [0.1, 0.15) is 11.1 Å². The largest absolute Gasteiger partial charge is 0.493 e. The second-order valence-corrected chi connectivity index (χ2v) is 4.09. The van der Waals surface area contributed by atoms with Gasteiger partial charge < -0.3 is 14.8 Å². The molecule has 19 heavy (non-hydrogen) atoms. The maximum Gasteiger partial charge on any atom is 0.165 e. The third kappa shape index (κ3) is 3.48. The Morgan fingerprint density at radius 3 is 2.42 bits per heavy atom. The first-order valence-corrected chi connectivity index (χ1v) is 6.16. The van der Waals surface area contributed by atoms with Crippen LogP contribution in [-0.4, -0.2) is 14.2 Å². The summed E-state index contributed by atoms with van der Waals surface area (Å²) in [6, 6.07) is 16.0. The van der Waals surface area contributed by atoms with Crippen LogP contribution in [0.2, 0.25) is 0 Å². The molecule has 1 radical (unpaired) electrons. The molecule has 3 heteroatoms. The molecule has 0 saturated heterocycles. The molecule has 2 aromatic carbocycles. The van der Waals surface area contributed by atoms with Crippen molar-refractivity contribution in [1.82, 2.24) is 5.32 Å². The molecular weight excluding hydrogens is 238 g/mol. The first-order valence-electron chi connectivity index (χ1n) is 6.16. The molecule has 0 fully saturated rings. The molecule has 0 amide bonds. The van der Waals surface area contributed by atoms with Gasteiger partial charge in [0.2, 0.25) is 0 Å². The van der Waals surface area contributed by atoms with Gasteiger partial charge in [-0.2, -0.15) is 0 Å². The molecule has 2 aromatic rings. The summed E-state index contributed by atoms with van der Waals surface area (Å²) in [5.74, 6) is 1.53. The van der Waals surface area contributed by atoms with Crippen LogP contribution in [0.15, 0.2) is 48.5 Å². The molecule has 3 nitrogen and oxygen atoms in total. The quantitative estimate of drug-likeness (QED) is 0.861. The lowest BCUT2D eigenvalue weighted by molar-refractivity contribution is 0.351. The summed E-state index contributed by atoms with van der Waals surface area (Å²) in [6.07, 6.45) is 0. The Kier molecular flexibility index (Phi) is 4.81. The number of methoxy groups -OCH3 is 2. The summed E-state index contributed by atoms with van der Waals surface area (Å²) in [4.78, 5) is 0. The number of nitrogens with one attached hydrogen (secondary N) is 1. The predicted molar refractivity (Wildman–Crippen MR) is 76.2 cm³/mol. The third-order valence-corrected chi connectivity index (χ3v) is 2.85. The van der Waals surface area contributed by atoms with Gasteiger partial charge in [-0.05, 0) is 11.6 Å². The third-order valence-electron chi connectivity index (χ3n) is 2.85. The lowest BCUT2D eigenvalue weighted by Crippen LogP contribution is -2.11. The molecule has 0 aliphatic heterocycles. The van der Waals surface area contributed by atoms with Gasteiger partial charge in [-0.25, -0.2) is 0 Å². The Morgan fingerprint density at radius 1 is 0.947 bits per heavy atom. The molecule has 0 spiro atoms. The van der Waals surface area contributed by atoms with E-state index in [1.54, 1.807) is 14.2 Å². The standard InChI is InChI=1S/C16H18NO2/c1-18-15-10-6-9-14(16(15)19-2)12-17-11-13-7-4-3-5-8-13/h3-11,17H,12H2,1-2H3. The Balaban J connectivity index is 2.00. The molecule has 0 heterocycles. The van der Waals surface area contributed by atoms with Crippen molar-refractivity contribution in [2.24, 2.45) is 0 Å². The van der Waals surface area contributed by atoms with Gasteiger partial charge in [-0.3, -0.25) is 0 Å². The maximum absolute atomic E-state index is 5.39. The molecule has 0 aromatic heterocycles. The maximum atomic E-state index is 5.39. The summed E-state index contributed by atoms with van der Waals surface area (Å²) >= 11 is 0. The van der Waals surface area contributed by atoms with E-state index < -0.39 is 0 Å². The zero-order valence-electron chi connectivity index (χ0n) is 11.2. The van der Waals surface area contributed by atoms with Crippen molar-refractivity contribution >= 4 is 0 Å². The van der Waals surface area contributed by atoms with E-state index in [1.807, 2.05) is 42.9 Å². The van der Waals surface area contributed by atoms with Gasteiger partial charge in [0.1, 0.15) is 0 Å². The highest BCUT2D eigenvalue weighted by Crippen LogP contribution is 2.30. The minimum atomic E-state index is 0.690. The highest BCUT2D eigenvalue weighted by Gasteiger charge is 2.08. The number of para-hydroxylation sites is 1. The highest BCUT2D eigenvalue weighted by molar-refractivity contribution is 5.46. The van der Waals surface area contributed by atoms with E-state index in [4.69, 9.17) is 9.47 Å². The molecule has 0 saturated carbocycles. The summed E-state index contributed by atoms with van der Waals surface area (Å²) in [5.41, 5.74) is 2.21. The lowest BCUT2D eigenvalue weighted by Gasteiger charge is -2.13. The average molecular weight is 256 g/mol. The van der Waals surface area contributed by atoms with Crippen molar-refractivity contribution in [3.8, 4) is 11.5 Å². The fourth-order valence-electron chi connectivity index (χ4n) is 1.92. The summed E-state index contributed by atoms with van der Waals surface area (Å²) in [7, 11) is 3.30. The topological polar surface area (TPSA) is 30.5 Å². The Morgan fingerprint density at radius 2 is 1.74 bits per heavy atom. The molecule has 0 bridgehead atoms. The van der Waals surface area contributed by atoms with E-state index in [1.165, 1.54) is 0 Å². The van der Waals surface area contributed by atoms with Crippen LogP contribution in [0, 0.1) is 6.54 Å². The van der Waals surface area contributed by atoms with Crippen LogP contribution in [0.5, 0.6) is 11.5 Å². The van der Waals surface area contributed by atoms with Crippen molar-refractivity contribution in [3.05, 3.63) is 66.2 Å². The van der Waals surface area contributed by atoms with Gasteiger partial charge in [0.05, 0.1) is 20.8 Å². The Labute approximate surface area is 114 Å². The molecule has 0 aliphatic rings. The van der Waals surface area contributed by atoms with Crippen molar-refractivity contribution < 1.29 is 9.47 Å². The van der Waals surface area contributed by atoms with Crippen LogP contribution in [0.25, 0.3) is 0 Å². The minimum absolute atomic E-state index is 0.690. The molecular formula is C16H18NO2. The summed E-state index contributed by atoms with van der Waals surface area (Å²) < 4.78 is 10.7. The first-order chi connectivity index (χ1) is 9.35. The second-order valence-electron chi connectivity index (χ2n) is 4.09. The lowest BCUT2D eigenvalue weighted by atomic mass is 10.1. The fourth-order valence-corrected chi connectivity index (χ4v) is 1.92. The van der Waals surface area contributed by atoms with Gasteiger partial charge in [-0.15, -0.1) is 0 Å². The second kappa shape index (κ2) is 6.81. The molecule has 2 rings (SSSR count). The van der Waals surface area contributed by atoms with Crippen molar-refractivity contribution in [1.29, 1.82) is 0 Å². The zero-order chi connectivity index (χ0) is 13.5. The smallest absolute Gasteiger partial charge is 0.165 e. The molecule has 1 N–H and O–H groups in total. The van der Waals surface area contributed by atoms with Gasteiger partial charge in [0.25, 0.3) is 0 Å². The van der Waals surface area contributed by atoms with Crippen LogP contribution < -0.4 is 14.8 Å². The number of ether oxygens (including phenoxy) is 2. The number of rotatable bonds is 6. The number of hydrogen-bond donors (Lipinski definition) is 1. The van der Waals surface area contributed by atoms with Crippen molar-refractivity contribution in [2.45, 2.75) is 6.54 Å². The predicted octanol–water partition coefficient (Wildman–Crippen LogP) is 3.00. The molecule has 99 valence electrons. The highest BCUT2D eigenvalue weighted by atomic mass is 16.5. The Bertz CT molecular complexity index is 511. The number of benzene rings is 2. The van der Waals surface area contributed by atoms with E-state index >= 15 is 0 Å². The van der Waals surface area contributed by atoms with Crippen molar-refractivity contribution in [3.63, 3.8) is 0 Å². The fraction of sp³-hybridized carbons (Fsp3) is 0.188.